The number of aliphatic carboxylic acids is 1. The van der Waals surface area contributed by atoms with Crippen LogP contribution in [0.25, 0.3) is 6.08 Å². The largest absolute Gasteiger partial charge is 0.493 e. The quantitative estimate of drug-likeness (QED) is 0.627. The third-order valence-electron chi connectivity index (χ3n) is 4.32. The summed E-state index contributed by atoms with van der Waals surface area (Å²) in [6.45, 7) is 1.44. The van der Waals surface area contributed by atoms with E-state index in [1.54, 1.807) is 42.5 Å². The number of ether oxygens (including phenoxy) is 2. The number of carboxylic acid groups (broad SMARTS) is 1. The summed E-state index contributed by atoms with van der Waals surface area (Å²) in [5.74, 6) is -1.13. The van der Waals surface area contributed by atoms with Gasteiger partial charge < -0.3 is 14.6 Å². The van der Waals surface area contributed by atoms with Gasteiger partial charge in [-0.2, -0.15) is 0 Å². The van der Waals surface area contributed by atoms with Crippen molar-refractivity contribution in [3.05, 3.63) is 63.5 Å². The second-order valence-corrected chi connectivity index (χ2v) is 7.74. The van der Waals surface area contributed by atoms with Crippen LogP contribution in [-0.2, 0) is 16.1 Å². The average Bonchev–Trinajstić information content (AvgIpc) is 2.98. The van der Waals surface area contributed by atoms with Crippen molar-refractivity contribution in [2.75, 3.05) is 7.11 Å². The van der Waals surface area contributed by atoms with E-state index in [1.165, 1.54) is 20.1 Å². The van der Waals surface area contributed by atoms with E-state index in [2.05, 4.69) is 0 Å². The molecule has 0 bridgehead atoms. The molecular formula is C21H18ClNO6S. The maximum atomic E-state index is 12.8. The molecule has 1 atom stereocenters. The SMILES string of the molecule is COc1cccc(/C=C2\SC(=O)N(Cc3ccccc3Cl)C2=O)c1O[C@@H](C)C(=O)O. The summed E-state index contributed by atoms with van der Waals surface area (Å²) in [7, 11) is 1.43. The first-order valence-corrected chi connectivity index (χ1v) is 10.1. The molecule has 2 aromatic carbocycles. The zero-order valence-electron chi connectivity index (χ0n) is 16.1. The van der Waals surface area contributed by atoms with Gasteiger partial charge in [0.1, 0.15) is 0 Å². The minimum atomic E-state index is -1.15. The molecule has 1 aliphatic heterocycles. The van der Waals surface area contributed by atoms with Gasteiger partial charge in [-0.05, 0) is 42.5 Å². The van der Waals surface area contributed by atoms with Gasteiger partial charge >= 0.3 is 5.97 Å². The number of rotatable bonds is 7. The van der Waals surface area contributed by atoms with Crippen molar-refractivity contribution in [3.63, 3.8) is 0 Å². The summed E-state index contributed by atoms with van der Waals surface area (Å²) in [5, 5.41) is 9.20. The van der Waals surface area contributed by atoms with Crippen LogP contribution < -0.4 is 9.47 Å². The van der Waals surface area contributed by atoms with E-state index in [-0.39, 0.29) is 17.2 Å². The molecular weight excluding hydrogens is 430 g/mol. The predicted molar refractivity (Wildman–Crippen MR) is 114 cm³/mol. The number of amides is 2. The van der Waals surface area contributed by atoms with Crippen LogP contribution in [0.2, 0.25) is 5.02 Å². The average molecular weight is 448 g/mol. The highest BCUT2D eigenvalue weighted by Crippen LogP contribution is 2.38. The Kier molecular flexibility index (Phi) is 6.69. The molecule has 0 aromatic heterocycles. The number of carboxylic acids is 1. The smallest absolute Gasteiger partial charge is 0.344 e. The Morgan fingerprint density at radius 1 is 1.23 bits per heavy atom. The summed E-state index contributed by atoms with van der Waals surface area (Å²) < 4.78 is 10.8. The summed E-state index contributed by atoms with van der Waals surface area (Å²) in [6.07, 6.45) is 0.355. The van der Waals surface area contributed by atoms with Crippen LogP contribution in [-0.4, -0.2) is 40.3 Å². The molecule has 0 radical (unpaired) electrons. The number of halogens is 1. The van der Waals surface area contributed by atoms with Crippen molar-refractivity contribution < 1.29 is 29.0 Å². The van der Waals surface area contributed by atoms with Gasteiger partial charge in [0.2, 0.25) is 0 Å². The lowest BCUT2D eigenvalue weighted by atomic mass is 10.1. The number of methoxy groups -OCH3 is 1. The van der Waals surface area contributed by atoms with Gasteiger partial charge in [0.05, 0.1) is 18.6 Å². The molecule has 0 saturated carbocycles. The maximum Gasteiger partial charge on any atom is 0.344 e. The van der Waals surface area contributed by atoms with E-state index < -0.39 is 23.2 Å². The summed E-state index contributed by atoms with van der Waals surface area (Å²) in [6, 6.07) is 11.9. The number of thioether (sulfide) groups is 1. The Hall–Kier alpha value is -2.97. The second kappa shape index (κ2) is 9.23. The van der Waals surface area contributed by atoms with Gasteiger partial charge in [-0.3, -0.25) is 14.5 Å². The minimum absolute atomic E-state index is 0.0548. The highest BCUT2D eigenvalue weighted by atomic mass is 35.5. The zero-order chi connectivity index (χ0) is 21.8. The molecule has 9 heteroatoms. The lowest BCUT2D eigenvalue weighted by Gasteiger charge is -2.16. The molecule has 1 aliphatic rings. The number of nitrogens with zero attached hydrogens (tertiary/aromatic N) is 1. The molecule has 0 spiro atoms. The molecule has 1 fully saturated rings. The summed E-state index contributed by atoms with van der Waals surface area (Å²) >= 11 is 6.94. The Labute approximate surface area is 182 Å². The van der Waals surface area contributed by atoms with E-state index in [9.17, 15) is 14.4 Å². The minimum Gasteiger partial charge on any atom is -0.493 e. The molecule has 1 saturated heterocycles. The Morgan fingerprint density at radius 3 is 2.63 bits per heavy atom. The van der Waals surface area contributed by atoms with Crippen LogP contribution in [0.4, 0.5) is 4.79 Å². The maximum absolute atomic E-state index is 12.8. The van der Waals surface area contributed by atoms with Crippen molar-refractivity contribution in [1.82, 2.24) is 4.90 Å². The fourth-order valence-corrected chi connectivity index (χ4v) is 3.76. The van der Waals surface area contributed by atoms with Crippen LogP contribution in [0.1, 0.15) is 18.1 Å². The Morgan fingerprint density at radius 2 is 1.97 bits per heavy atom. The second-order valence-electron chi connectivity index (χ2n) is 6.34. The van der Waals surface area contributed by atoms with Crippen LogP contribution >= 0.6 is 23.4 Å². The fraction of sp³-hybridized carbons (Fsp3) is 0.190. The number of hydrogen-bond acceptors (Lipinski definition) is 6. The van der Waals surface area contributed by atoms with E-state index in [1.807, 2.05) is 0 Å². The molecule has 30 heavy (non-hydrogen) atoms. The van der Waals surface area contributed by atoms with Crippen molar-refractivity contribution in [2.24, 2.45) is 0 Å². The van der Waals surface area contributed by atoms with E-state index in [4.69, 9.17) is 26.2 Å². The predicted octanol–water partition coefficient (Wildman–Crippen LogP) is 4.44. The molecule has 1 heterocycles. The molecule has 0 unspecified atom stereocenters. The van der Waals surface area contributed by atoms with E-state index >= 15 is 0 Å². The molecule has 156 valence electrons. The topological polar surface area (TPSA) is 93.1 Å². The van der Waals surface area contributed by atoms with Gasteiger partial charge in [-0.1, -0.05) is 41.9 Å². The molecule has 7 nitrogen and oxygen atoms in total. The van der Waals surface area contributed by atoms with Crippen molar-refractivity contribution in [3.8, 4) is 11.5 Å². The number of para-hydroxylation sites is 1. The molecule has 0 aliphatic carbocycles. The molecule has 2 aromatic rings. The lowest BCUT2D eigenvalue weighted by molar-refractivity contribution is -0.144. The van der Waals surface area contributed by atoms with Crippen LogP contribution in [0.15, 0.2) is 47.4 Å². The van der Waals surface area contributed by atoms with Crippen molar-refractivity contribution in [2.45, 2.75) is 19.6 Å². The molecule has 2 amide bonds. The number of imide groups is 1. The van der Waals surface area contributed by atoms with Crippen LogP contribution in [0, 0.1) is 0 Å². The van der Waals surface area contributed by atoms with Crippen molar-refractivity contribution >= 4 is 46.6 Å². The summed E-state index contributed by atoms with van der Waals surface area (Å²) in [4.78, 5) is 37.8. The number of benzene rings is 2. The number of hydrogen-bond donors (Lipinski definition) is 1. The molecule has 1 N–H and O–H groups in total. The third-order valence-corrected chi connectivity index (χ3v) is 5.59. The van der Waals surface area contributed by atoms with E-state index in [0.29, 0.717) is 21.9 Å². The van der Waals surface area contributed by atoms with Gasteiger partial charge in [-0.15, -0.1) is 0 Å². The van der Waals surface area contributed by atoms with Gasteiger partial charge in [0, 0.05) is 10.6 Å². The Bertz CT molecular complexity index is 1040. The zero-order valence-corrected chi connectivity index (χ0v) is 17.7. The fourth-order valence-electron chi connectivity index (χ4n) is 2.74. The van der Waals surface area contributed by atoms with Crippen molar-refractivity contribution in [1.29, 1.82) is 0 Å². The first-order valence-electron chi connectivity index (χ1n) is 8.87. The standard InChI is InChI=1S/C21H18ClNO6S/c1-12(20(25)26)29-18-13(7-5-9-16(18)28-2)10-17-19(24)23(21(27)30-17)11-14-6-3-4-8-15(14)22/h3-10,12H,11H2,1-2H3,(H,25,26)/b17-10-/t12-/m0/s1. The van der Waals surface area contributed by atoms with E-state index in [0.717, 1.165) is 16.7 Å². The number of carbonyl (C=O) groups excluding carboxylic acids is 2. The van der Waals surface area contributed by atoms with Gasteiger partial charge in [0.15, 0.2) is 17.6 Å². The normalized spacial score (nSPS) is 16.1. The highest BCUT2D eigenvalue weighted by molar-refractivity contribution is 8.18. The van der Waals surface area contributed by atoms with Gasteiger partial charge in [-0.25, -0.2) is 4.79 Å². The lowest BCUT2D eigenvalue weighted by Crippen LogP contribution is -2.27. The first kappa shape index (κ1) is 21.7. The van der Waals surface area contributed by atoms with Crippen LogP contribution in [0.5, 0.6) is 11.5 Å². The highest BCUT2D eigenvalue weighted by Gasteiger charge is 2.35. The van der Waals surface area contributed by atoms with Crippen LogP contribution in [0.3, 0.4) is 0 Å². The first-order chi connectivity index (χ1) is 14.3. The summed E-state index contributed by atoms with van der Waals surface area (Å²) in [5.41, 5.74) is 1.08. The Balaban J connectivity index is 1.92. The molecule has 3 rings (SSSR count). The van der Waals surface area contributed by atoms with Gasteiger partial charge in [0.25, 0.3) is 11.1 Å². The number of carbonyl (C=O) groups is 3. The monoisotopic (exact) mass is 447 g/mol. The third kappa shape index (κ3) is 4.60.